The van der Waals surface area contributed by atoms with Crippen LogP contribution in [0.2, 0.25) is 0 Å². The molecule has 0 aromatic carbocycles. The van der Waals surface area contributed by atoms with E-state index >= 15 is 0 Å². The minimum absolute atomic E-state index is 0.0116. The fourth-order valence-corrected chi connectivity index (χ4v) is 4.51. The van der Waals surface area contributed by atoms with Gasteiger partial charge in [0.05, 0.1) is 17.5 Å². The first-order chi connectivity index (χ1) is 8.16. The molecule has 0 spiro atoms. The molecule has 92 valence electrons. The number of hydrogen-bond donors (Lipinski definition) is 1. The van der Waals surface area contributed by atoms with Crippen LogP contribution < -0.4 is 10.2 Å². The molecule has 0 amide bonds. The van der Waals surface area contributed by atoms with Gasteiger partial charge in [-0.15, -0.1) is 0 Å². The number of rotatable bonds is 1. The zero-order chi connectivity index (χ0) is 11.9. The van der Waals surface area contributed by atoms with Crippen molar-refractivity contribution in [1.82, 2.24) is 15.3 Å². The van der Waals surface area contributed by atoms with Gasteiger partial charge in [0.25, 0.3) is 0 Å². The summed E-state index contributed by atoms with van der Waals surface area (Å²) in [6.45, 7) is 1.52. The molecule has 2 aliphatic rings. The second-order valence-electron chi connectivity index (χ2n) is 4.45. The first kappa shape index (κ1) is 10.9. The van der Waals surface area contributed by atoms with Gasteiger partial charge in [0.1, 0.15) is 0 Å². The number of nitrogens with one attached hydrogen (secondary N) is 1. The highest BCUT2D eigenvalue weighted by atomic mass is 32.2. The highest BCUT2D eigenvalue weighted by Gasteiger charge is 2.43. The van der Waals surface area contributed by atoms with Gasteiger partial charge in [-0.1, -0.05) is 0 Å². The van der Waals surface area contributed by atoms with Crippen molar-refractivity contribution in [3.05, 3.63) is 18.5 Å². The molecule has 2 fully saturated rings. The lowest BCUT2D eigenvalue weighted by Crippen LogP contribution is -2.58. The van der Waals surface area contributed by atoms with Gasteiger partial charge >= 0.3 is 0 Å². The Morgan fingerprint density at radius 1 is 1.29 bits per heavy atom. The van der Waals surface area contributed by atoms with E-state index < -0.39 is 9.84 Å². The molecular formula is C10H14N4O2S. The number of hydrogen-bond acceptors (Lipinski definition) is 6. The maximum absolute atomic E-state index is 11.7. The van der Waals surface area contributed by atoms with E-state index in [4.69, 9.17) is 0 Å². The van der Waals surface area contributed by atoms with Gasteiger partial charge in [0.2, 0.25) is 5.95 Å². The molecule has 1 aromatic heterocycles. The lowest BCUT2D eigenvalue weighted by atomic mass is 10.1. The minimum Gasteiger partial charge on any atom is -0.334 e. The van der Waals surface area contributed by atoms with Crippen molar-refractivity contribution in [3.8, 4) is 0 Å². The van der Waals surface area contributed by atoms with E-state index in [0.29, 0.717) is 5.95 Å². The molecule has 17 heavy (non-hydrogen) atoms. The number of nitrogens with zero attached hydrogens (tertiary/aromatic N) is 3. The maximum Gasteiger partial charge on any atom is 0.225 e. The van der Waals surface area contributed by atoms with Crippen molar-refractivity contribution < 1.29 is 8.42 Å². The van der Waals surface area contributed by atoms with Crippen LogP contribution in [0.3, 0.4) is 0 Å². The summed E-state index contributed by atoms with van der Waals surface area (Å²) in [5.41, 5.74) is 0. The maximum atomic E-state index is 11.7. The molecule has 3 heterocycles. The number of anilines is 1. The lowest BCUT2D eigenvalue weighted by Gasteiger charge is -2.37. The van der Waals surface area contributed by atoms with E-state index in [1.165, 1.54) is 0 Å². The van der Waals surface area contributed by atoms with Crippen molar-refractivity contribution in [2.45, 2.75) is 12.1 Å². The smallest absolute Gasteiger partial charge is 0.225 e. The lowest BCUT2D eigenvalue weighted by molar-refractivity contribution is 0.420. The number of aromatic nitrogens is 2. The van der Waals surface area contributed by atoms with E-state index in [-0.39, 0.29) is 23.6 Å². The standard InChI is InChI=1S/C10H14N4O2S/c15-17(16)6-8-9(7-17)14(5-4-11-8)10-12-2-1-3-13-10/h1-3,8-9,11H,4-7H2/t8-,9+/m1/s1. The SMILES string of the molecule is O=S1(=O)C[C@H]2NCCN(c3ncccn3)[C@H]2C1. The normalized spacial score (nSPS) is 31.2. The monoisotopic (exact) mass is 254 g/mol. The molecule has 2 atom stereocenters. The zero-order valence-corrected chi connectivity index (χ0v) is 10.1. The topological polar surface area (TPSA) is 75.2 Å². The Balaban J connectivity index is 1.91. The molecule has 2 aliphatic heterocycles. The molecule has 7 heteroatoms. The molecule has 0 unspecified atom stereocenters. The quantitative estimate of drug-likeness (QED) is 0.696. The van der Waals surface area contributed by atoms with Crippen LogP contribution >= 0.6 is 0 Å². The Labute approximate surface area is 100.0 Å². The second kappa shape index (κ2) is 3.92. The summed E-state index contributed by atoms with van der Waals surface area (Å²) < 4.78 is 23.3. The van der Waals surface area contributed by atoms with Gasteiger partial charge in [-0.2, -0.15) is 0 Å². The Hall–Kier alpha value is -1.21. The van der Waals surface area contributed by atoms with Gasteiger partial charge < -0.3 is 10.2 Å². The van der Waals surface area contributed by atoms with Gasteiger partial charge in [-0.05, 0) is 6.07 Å². The zero-order valence-electron chi connectivity index (χ0n) is 9.28. The second-order valence-corrected chi connectivity index (χ2v) is 6.60. The fraction of sp³-hybridized carbons (Fsp3) is 0.600. The van der Waals surface area contributed by atoms with Crippen LogP contribution in [0.1, 0.15) is 0 Å². The minimum atomic E-state index is -2.93. The predicted molar refractivity (Wildman–Crippen MR) is 63.6 cm³/mol. The van der Waals surface area contributed by atoms with E-state index in [0.717, 1.165) is 13.1 Å². The van der Waals surface area contributed by atoms with Crippen molar-refractivity contribution in [2.24, 2.45) is 0 Å². The molecule has 1 aromatic rings. The molecule has 3 rings (SSSR count). The number of fused-ring (bicyclic) bond motifs is 1. The van der Waals surface area contributed by atoms with Gasteiger partial charge in [0.15, 0.2) is 9.84 Å². The van der Waals surface area contributed by atoms with E-state index in [1.54, 1.807) is 18.5 Å². The van der Waals surface area contributed by atoms with Crippen molar-refractivity contribution >= 4 is 15.8 Å². The third kappa shape index (κ3) is 2.00. The first-order valence-electron chi connectivity index (χ1n) is 5.63. The number of piperazine rings is 1. The average Bonchev–Trinajstić information content (AvgIpc) is 2.63. The summed E-state index contributed by atoms with van der Waals surface area (Å²) in [7, 11) is -2.93. The van der Waals surface area contributed by atoms with E-state index in [1.807, 2.05) is 4.90 Å². The molecule has 2 saturated heterocycles. The van der Waals surface area contributed by atoms with Crippen molar-refractivity contribution in [2.75, 3.05) is 29.5 Å². The summed E-state index contributed by atoms with van der Waals surface area (Å²) in [6, 6.07) is 1.74. The first-order valence-corrected chi connectivity index (χ1v) is 7.45. The third-order valence-electron chi connectivity index (χ3n) is 3.29. The van der Waals surface area contributed by atoms with E-state index in [9.17, 15) is 8.42 Å². The summed E-state index contributed by atoms with van der Waals surface area (Å²) in [5, 5.41) is 3.26. The molecule has 6 nitrogen and oxygen atoms in total. The highest BCUT2D eigenvalue weighted by Crippen LogP contribution is 2.23. The van der Waals surface area contributed by atoms with Crippen LogP contribution in [0.25, 0.3) is 0 Å². The Morgan fingerprint density at radius 2 is 2.06 bits per heavy atom. The Bertz CT molecular complexity index is 504. The molecule has 1 N–H and O–H groups in total. The van der Waals surface area contributed by atoms with Crippen LogP contribution in [0, 0.1) is 0 Å². The molecule has 0 bridgehead atoms. The van der Waals surface area contributed by atoms with Crippen LogP contribution in [0.4, 0.5) is 5.95 Å². The average molecular weight is 254 g/mol. The van der Waals surface area contributed by atoms with Crippen LogP contribution in [-0.2, 0) is 9.84 Å². The summed E-state index contributed by atoms with van der Waals surface area (Å²) in [4.78, 5) is 10.4. The largest absolute Gasteiger partial charge is 0.334 e. The summed E-state index contributed by atoms with van der Waals surface area (Å²) in [6.07, 6.45) is 3.37. The van der Waals surface area contributed by atoms with Crippen LogP contribution in [0.5, 0.6) is 0 Å². The molecule has 0 aliphatic carbocycles. The van der Waals surface area contributed by atoms with Crippen molar-refractivity contribution in [1.29, 1.82) is 0 Å². The Kier molecular flexibility index (Phi) is 2.52. The van der Waals surface area contributed by atoms with Gasteiger partial charge in [-0.25, -0.2) is 18.4 Å². The van der Waals surface area contributed by atoms with Crippen molar-refractivity contribution in [3.63, 3.8) is 0 Å². The van der Waals surface area contributed by atoms with Crippen LogP contribution in [0.15, 0.2) is 18.5 Å². The molecule has 0 radical (unpaired) electrons. The summed E-state index contributed by atoms with van der Waals surface area (Å²) >= 11 is 0. The van der Waals surface area contributed by atoms with Crippen LogP contribution in [-0.4, -0.2) is 55.1 Å². The number of sulfone groups is 1. The van der Waals surface area contributed by atoms with Gasteiger partial charge in [0, 0.05) is 31.5 Å². The third-order valence-corrected chi connectivity index (χ3v) is 5.01. The van der Waals surface area contributed by atoms with E-state index in [2.05, 4.69) is 15.3 Å². The molecule has 0 saturated carbocycles. The highest BCUT2D eigenvalue weighted by molar-refractivity contribution is 7.91. The fourth-order valence-electron chi connectivity index (χ4n) is 2.56. The Morgan fingerprint density at radius 3 is 2.82 bits per heavy atom. The summed E-state index contributed by atoms with van der Waals surface area (Å²) in [5.74, 6) is 1.05. The molecular weight excluding hydrogens is 240 g/mol. The predicted octanol–water partition coefficient (Wildman–Crippen LogP) is -0.948. The van der Waals surface area contributed by atoms with Gasteiger partial charge in [-0.3, -0.25) is 0 Å².